The lowest BCUT2D eigenvalue weighted by Gasteiger charge is -2.21. The van der Waals surface area contributed by atoms with Gasteiger partial charge in [0.05, 0.1) is 5.92 Å². The van der Waals surface area contributed by atoms with Crippen molar-refractivity contribution in [1.82, 2.24) is 14.8 Å². The molecule has 2 fully saturated rings. The molecule has 33 heavy (non-hydrogen) atoms. The van der Waals surface area contributed by atoms with E-state index in [1.165, 1.54) is 11.0 Å². The highest BCUT2D eigenvalue weighted by atomic mass is 16.8. The van der Waals surface area contributed by atoms with Crippen LogP contribution in [0.4, 0.5) is 0 Å². The third-order valence-corrected chi connectivity index (χ3v) is 5.94. The predicted molar refractivity (Wildman–Crippen MR) is 116 cm³/mol. The Morgan fingerprint density at radius 1 is 1.15 bits per heavy atom. The molecule has 0 aliphatic carbocycles. The fourth-order valence-corrected chi connectivity index (χ4v) is 4.08. The van der Waals surface area contributed by atoms with E-state index < -0.39 is 36.7 Å². The summed E-state index contributed by atoms with van der Waals surface area (Å²) in [6.07, 6.45) is 2.42. The van der Waals surface area contributed by atoms with Crippen LogP contribution < -0.4 is 5.73 Å². The lowest BCUT2D eigenvalue weighted by molar-refractivity contribution is -0.170. The number of aromatic nitrogens is 3. The molecule has 1 aromatic heterocycles. The summed E-state index contributed by atoms with van der Waals surface area (Å²) in [7, 11) is 0. The summed E-state index contributed by atoms with van der Waals surface area (Å²) in [5.41, 5.74) is 6.14. The van der Waals surface area contributed by atoms with Gasteiger partial charge in [0.1, 0.15) is 31.2 Å². The van der Waals surface area contributed by atoms with E-state index in [1.54, 1.807) is 0 Å². The Morgan fingerprint density at radius 3 is 2.61 bits per heavy atom. The van der Waals surface area contributed by atoms with Gasteiger partial charge in [-0.25, -0.2) is 9.67 Å². The average Bonchev–Trinajstić information content (AvgIpc) is 3.54. The Balaban J connectivity index is 1.46. The van der Waals surface area contributed by atoms with Gasteiger partial charge in [0.15, 0.2) is 12.5 Å². The molecule has 2 aromatic rings. The number of primary amides is 1. The molecule has 0 saturated carbocycles. The molecule has 178 valence electrons. The summed E-state index contributed by atoms with van der Waals surface area (Å²) in [5.74, 6) is -1.30. The van der Waals surface area contributed by atoms with Crippen LogP contribution in [0.15, 0.2) is 36.7 Å². The van der Waals surface area contributed by atoms with Crippen LogP contribution in [0, 0.1) is 5.92 Å². The highest BCUT2D eigenvalue weighted by molar-refractivity contribution is 5.88. The minimum Gasteiger partial charge on any atom is -0.463 e. The van der Waals surface area contributed by atoms with Gasteiger partial charge in [0.25, 0.3) is 5.91 Å². The lowest BCUT2D eigenvalue weighted by Crippen LogP contribution is -2.33. The van der Waals surface area contributed by atoms with Crippen LogP contribution in [-0.4, -0.2) is 51.6 Å². The first-order valence-electron chi connectivity index (χ1n) is 11.4. The van der Waals surface area contributed by atoms with Crippen LogP contribution in [0.3, 0.4) is 0 Å². The van der Waals surface area contributed by atoms with Crippen LogP contribution in [0.5, 0.6) is 0 Å². The smallest absolute Gasteiger partial charge is 0.308 e. The molecular formula is C23H30N4O6. The van der Waals surface area contributed by atoms with E-state index in [4.69, 9.17) is 24.7 Å². The second kappa shape index (κ2) is 10.4. The zero-order valence-electron chi connectivity index (χ0n) is 18.8. The molecule has 10 nitrogen and oxygen atoms in total. The molecule has 3 unspecified atom stereocenters. The fraction of sp³-hybridized carbons (Fsp3) is 0.565. The van der Waals surface area contributed by atoms with Crippen molar-refractivity contribution in [2.75, 3.05) is 6.61 Å². The summed E-state index contributed by atoms with van der Waals surface area (Å²) in [6.45, 7) is 4.03. The number of rotatable bonds is 10. The van der Waals surface area contributed by atoms with Gasteiger partial charge in [-0.15, -0.1) is 5.10 Å². The minimum absolute atomic E-state index is 0.0247. The van der Waals surface area contributed by atoms with Crippen LogP contribution in [0.25, 0.3) is 0 Å². The Hall–Kier alpha value is -2.82. The molecule has 6 atom stereocenters. The minimum atomic E-state index is -0.739. The molecule has 1 aromatic carbocycles. The van der Waals surface area contributed by atoms with Gasteiger partial charge in [-0.1, -0.05) is 63.4 Å². The largest absolute Gasteiger partial charge is 0.463 e. The van der Waals surface area contributed by atoms with Crippen LogP contribution in [-0.2, 0) is 23.7 Å². The lowest BCUT2D eigenvalue weighted by atomic mass is 10.0. The Morgan fingerprint density at radius 2 is 1.91 bits per heavy atom. The van der Waals surface area contributed by atoms with E-state index in [0.717, 1.165) is 31.2 Å². The molecule has 4 rings (SSSR count). The van der Waals surface area contributed by atoms with Gasteiger partial charge in [-0.3, -0.25) is 9.59 Å². The summed E-state index contributed by atoms with van der Waals surface area (Å²) in [6, 6.07) is 9.54. The van der Waals surface area contributed by atoms with Gasteiger partial charge < -0.3 is 24.7 Å². The summed E-state index contributed by atoms with van der Waals surface area (Å²) < 4.78 is 25.4. The summed E-state index contributed by atoms with van der Waals surface area (Å²) >= 11 is 0. The van der Waals surface area contributed by atoms with E-state index in [0.29, 0.717) is 0 Å². The molecule has 2 N–H and O–H groups in total. The standard InChI is InChI=1S/C23H30N4O6/c1-3-4-6-9-14(2)22(29)30-12-16-17-18(33-23(32-17)15-10-7-5-8-11-15)21(31-16)27-13-25-20(26-27)19(24)28/h5,7-8,10-11,13-14,16-18,21,23H,3-4,6,9,12H2,1-2H3,(H2,24,28)/t14-,16+,17?,18?,21+,23?/m0/s1. The average molecular weight is 459 g/mol. The van der Waals surface area contributed by atoms with Crippen molar-refractivity contribution in [2.24, 2.45) is 11.7 Å². The number of nitrogens with two attached hydrogens (primary N) is 1. The van der Waals surface area contributed by atoms with E-state index in [2.05, 4.69) is 17.0 Å². The van der Waals surface area contributed by atoms with E-state index in [1.807, 2.05) is 37.3 Å². The van der Waals surface area contributed by atoms with Gasteiger partial charge in [-0.2, -0.15) is 0 Å². The van der Waals surface area contributed by atoms with Crippen LogP contribution in [0.2, 0.25) is 0 Å². The molecule has 1 amide bonds. The third-order valence-electron chi connectivity index (χ3n) is 5.94. The quantitative estimate of drug-likeness (QED) is 0.425. The number of ether oxygens (including phenoxy) is 4. The molecule has 2 aliphatic heterocycles. The number of amides is 1. The number of carbonyl (C=O) groups excluding carboxylic acids is 2. The number of carbonyl (C=O) groups is 2. The monoisotopic (exact) mass is 458 g/mol. The predicted octanol–water partition coefficient (Wildman–Crippen LogP) is 2.52. The molecular weight excluding hydrogens is 428 g/mol. The van der Waals surface area contributed by atoms with Crippen LogP contribution >= 0.6 is 0 Å². The second-order valence-corrected chi connectivity index (χ2v) is 8.45. The SMILES string of the molecule is CCCCC[C@H](C)C(=O)OC[C@H]1O[C@@H](n2cnc(C(N)=O)n2)C2OC(c3ccccc3)OC21. The summed E-state index contributed by atoms with van der Waals surface area (Å²) in [4.78, 5) is 27.8. The van der Waals surface area contributed by atoms with Crippen molar-refractivity contribution < 1.29 is 28.5 Å². The van der Waals surface area contributed by atoms with Crippen molar-refractivity contribution >= 4 is 11.9 Å². The van der Waals surface area contributed by atoms with Gasteiger partial charge in [0.2, 0.25) is 5.82 Å². The van der Waals surface area contributed by atoms with E-state index >= 15 is 0 Å². The molecule has 10 heteroatoms. The number of hydrogen-bond donors (Lipinski definition) is 1. The first kappa shape index (κ1) is 23.3. The van der Waals surface area contributed by atoms with E-state index in [9.17, 15) is 9.59 Å². The maximum absolute atomic E-state index is 12.5. The Bertz CT molecular complexity index is 951. The number of hydrogen-bond acceptors (Lipinski definition) is 8. The molecule has 3 heterocycles. The number of unbranched alkanes of at least 4 members (excludes halogenated alkanes) is 2. The number of nitrogens with zero attached hydrogens (tertiary/aromatic N) is 3. The molecule has 0 spiro atoms. The third kappa shape index (κ3) is 5.23. The van der Waals surface area contributed by atoms with Crippen molar-refractivity contribution in [2.45, 2.75) is 70.4 Å². The maximum Gasteiger partial charge on any atom is 0.308 e. The second-order valence-electron chi connectivity index (χ2n) is 8.45. The van der Waals surface area contributed by atoms with Gasteiger partial charge in [-0.05, 0) is 6.42 Å². The number of fused-ring (bicyclic) bond motifs is 1. The normalized spacial score (nSPS) is 27.3. The first-order valence-corrected chi connectivity index (χ1v) is 11.4. The summed E-state index contributed by atoms with van der Waals surface area (Å²) in [5, 5.41) is 4.11. The zero-order valence-corrected chi connectivity index (χ0v) is 18.8. The molecule has 2 saturated heterocycles. The number of esters is 1. The topological polar surface area (TPSA) is 128 Å². The van der Waals surface area contributed by atoms with Crippen molar-refractivity contribution in [3.05, 3.63) is 48.0 Å². The Kier molecular flexibility index (Phi) is 7.36. The van der Waals surface area contributed by atoms with E-state index in [-0.39, 0.29) is 24.3 Å². The van der Waals surface area contributed by atoms with Gasteiger partial charge in [0, 0.05) is 5.56 Å². The van der Waals surface area contributed by atoms with Crippen molar-refractivity contribution in [1.29, 1.82) is 0 Å². The van der Waals surface area contributed by atoms with Gasteiger partial charge >= 0.3 is 5.97 Å². The van der Waals surface area contributed by atoms with Crippen molar-refractivity contribution in [3.8, 4) is 0 Å². The van der Waals surface area contributed by atoms with Crippen molar-refractivity contribution in [3.63, 3.8) is 0 Å². The molecule has 0 radical (unpaired) electrons. The highest BCUT2D eigenvalue weighted by Gasteiger charge is 2.54. The fourth-order valence-electron chi connectivity index (χ4n) is 4.08. The number of benzene rings is 1. The van der Waals surface area contributed by atoms with Crippen LogP contribution in [0.1, 0.15) is 68.2 Å². The highest BCUT2D eigenvalue weighted by Crippen LogP contribution is 2.44. The Labute approximate surface area is 192 Å². The molecule has 2 aliphatic rings. The zero-order chi connectivity index (χ0) is 23.4. The molecule has 0 bridgehead atoms. The first-order chi connectivity index (χ1) is 16.0. The maximum atomic E-state index is 12.5.